The molecule has 1 unspecified atom stereocenters. The number of amides is 1. The average molecular weight is 280 g/mol. The van der Waals surface area contributed by atoms with Crippen LogP contribution < -0.4 is 11.1 Å². The second kappa shape index (κ2) is 5.70. The largest absolute Gasteiger partial charge is 0.327 e. The van der Waals surface area contributed by atoms with Crippen LogP contribution in [0.15, 0.2) is 42.5 Å². The zero-order valence-corrected chi connectivity index (χ0v) is 12.2. The van der Waals surface area contributed by atoms with Crippen molar-refractivity contribution in [2.75, 3.05) is 5.32 Å². The Labute approximate surface area is 125 Å². The third kappa shape index (κ3) is 2.83. The Balaban J connectivity index is 1.77. The van der Waals surface area contributed by atoms with Crippen molar-refractivity contribution in [2.45, 2.75) is 32.2 Å². The van der Waals surface area contributed by atoms with Crippen molar-refractivity contribution in [2.24, 2.45) is 5.73 Å². The summed E-state index contributed by atoms with van der Waals surface area (Å²) in [6, 6.07) is 14.5. The van der Waals surface area contributed by atoms with E-state index in [0.717, 1.165) is 18.5 Å². The van der Waals surface area contributed by atoms with Gasteiger partial charge < -0.3 is 11.1 Å². The fraction of sp³-hybridized carbons (Fsp3) is 0.278. The fourth-order valence-electron chi connectivity index (χ4n) is 2.82. The molecule has 3 rings (SSSR count). The Morgan fingerprint density at radius 2 is 1.95 bits per heavy atom. The van der Waals surface area contributed by atoms with Gasteiger partial charge in [0.1, 0.15) is 0 Å². The van der Waals surface area contributed by atoms with Crippen molar-refractivity contribution in [3.8, 4) is 11.1 Å². The van der Waals surface area contributed by atoms with Crippen LogP contribution in [0.2, 0.25) is 0 Å². The Kier molecular flexibility index (Phi) is 3.76. The van der Waals surface area contributed by atoms with Gasteiger partial charge in [0, 0.05) is 18.2 Å². The number of nitrogens with one attached hydrogen (secondary N) is 1. The summed E-state index contributed by atoms with van der Waals surface area (Å²) in [5.41, 5.74) is 11.9. The molecule has 0 radical (unpaired) electrons. The van der Waals surface area contributed by atoms with E-state index in [1.54, 1.807) is 0 Å². The first-order chi connectivity index (χ1) is 10.2. The minimum Gasteiger partial charge on any atom is -0.327 e. The monoisotopic (exact) mass is 280 g/mol. The molecule has 1 aliphatic carbocycles. The molecule has 21 heavy (non-hydrogen) atoms. The van der Waals surface area contributed by atoms with Crippen molar-refractivity contribution in [3.63, 3.8) is 0 Å². The SMILES string of the molecule is CCC(N)CC(=O)Nc1ccc2c(c1)Cc1ccccc1-2. The Bertz CT molecular complexity index is 679. The lowest BCUT2D eigenvalue weighted by molar-refractivity contribution is -0.116. The number of rotatable bonds is 4. The van der Waals surface area contributed by atoms with Gasteiger partial charge in [-0.05, 0) is 47.2 Å². The predicted octanol–water partition coefficient (Wildman–Crippen LogP) is 3.32. The van der Waals surface area contributed by atoms with Crippen molar-refractivity contribution in [1.82, 2.24) is 0 Å². The van der Waals surface area contributed by atoms with Gasteiger partial charge in [0.25, 0.3) is 0 Å². The standard InChI is InChI=1S/C18H20N2O/c1-2-14(19)11-18(21)20-15-7-8-17-13(10-15)9-12-5-3-4-6-16(12)17/h3-8,10,14H,2,9,11,19H2,1H3,(H,20,21). The van der Waals surface area contributed by atoms with Gasteiger partial charge in [-0.15, -0.1) is 0 Å². The number of carbonyl (C=O) groups excluding carboxylic acids is 1. The van der Waals surface area contributed by atoms with Gasteiger partial charge in [0.15, 0.2) is 0 Å². The van der Waals surface area contributed by atoms with Crippen LogP contribution in [0.1, 0.15) is 30.9 Å². The Morgan fingerprint density at radius 3 is 2.76 bits per heavy atom. The molecule has 3 N–H and O–H groups in total. The van der Waals surface area contributed by atoms with Crippen molar-refractivity contribution < 1.29 is 4.79 Å². The third-order valence-electron chi connectivity index (χ3n) is 4.05. The molecule has 1 aliphatic rings. The molecule has 3 heteroatoms. The highest BCUT2D eigenvalue weighted by atomic mass is 16.1. The highest BCUT2D eigenvalue weighted by Gasteiger charge is 2.18. The maximum Gasteiger partial charge on any atom is 0.225 e. The molecule has 1 atom stereocenters. The molecule has 0 saturated carbocycles. The molecule has 108 valence electrons. The number of benzene rings is 2. The van der Waals surface area contributed by atoms with Crippen LogP contribution in [0.3, 0.4) is 0 Å². The molecule has 0 fully saturated rings. The molecule has 2 aromatic carbocycles. The zero-order chi connectivity index (χ0) is 14.8. The minimum atomic E-state index is -0.0660. The van der Waals surface area contributed by atoms with E-state index in [1.807, 2.05) is 13.0 Å². The molecule has 0 bridgehead atoms. The second-order valence-electron chi connectivity index (χ2n) is 5.63. The molecule has 0 spiro atoms. The summed E-state index contributed by atoms with van der Waals surface area (Å²) in [7, 11) is 0. The highest BCUT2D eigenvalue weighted by Crippen LogP contribution is 2.37. The van der Waals surface area contributed by atoms with Crippen LogP contribution in [0.25, 0.3) is 11.1 Å². The molecule has 0 aromatic heterocycles. The van der Waals surface area contributed by atoms with E-state index >= 15 is 0 Å². The van der Waals surface area contributed by atoms with Gasteiger partial charge >= 0.3 is 0 Å². The van der Waals surface area contributed by atoms with Gasteiger partial charge in [-0.25, -0.2) is 0 Å². The summed E-state index contributed by atoms with van der Waals surface area (Å²) >= 11 is 0. The molecule has 1 amide bonds. The number of fused-ring (bicyclic) bond motifs is 3. The topological polar surface area (TPSA) is 55.1 Å². The quantitative estimate of drug-likeness (QED) is 0.770. The lowest BCUT2D eigenvalue weighted by Crippen LogP contribution is -2.26. The smallest absolute Gasteiger partial charge is 0.225 e. The first kappa shape index (κ1) is 13.8. The van der Waals surface area contributed by atoms with E-state index in [1.165, 1.54) is 22.3 Å². The van der Waals surface area contributed by atoms with Gasteiger partial charge in [0.2, 0.25) is 5.91 Å². The second-order valence-corrected chi connectivity index (χ2v) is 5.63. The first-order valence-electron chi connectivity index (χ1n) is 7.44. The number of nitrogens with two attached hydrogens (primary N) is 1. The number of hydrogen-bond donors (Lipinski definition) is 2. The zero-order valence-electron chi connectivity index (χ0n) is 12.2. The summed E-state index contributed by atoms with van der Waals surface area (Å²) in [5.74, 6) is -0.0141. The fourth-order valence-corrected chi connectivity index (χ4v) is 2.82. The van der Waals surface area contributed by atoms with Crippen LogP contribution in [-0.4, -0.2) is 11.9 Å². The van der Waals surface area contributed by atoms with Crippen LogP contribution >= 0.6 is 0 Å². The maximum atomic E-state index is 11.9. The molecule has 2 aromatic rings. The summed E-state index contributed by atoms with van der Waals surface area (Å²) in [6.07, 6.45) is 2.12. The van der Waals surface area contributed by atoms with E-state index in [4.69, 9.17) is 5.73 Å². The lowest BCUT2D eigenvalue weighted by Gasteiger charge is -2.10. The molecule has 0 aliphatic heterocycles. The molecule has 0 saturated heterocycles. The van der Waals surface area contributed by atoms with E-state index in [9.17, 15) is 4.79 Å². The van der Waals surface area contributed by atoms with Gasteiger partial charge in [-0.1, -0.05) is 37.3 Å². The lowest BCUT2D eigenvalue weighted by atomic mass is 10.1. The predicted molar refractivity (Wildman–Crippen MR) is 86.2 cm³/mol. The van der Waals surface area contributed by atoms with E-state index < -0.39 is 0 Å². The Hall–Kier alpha value is -2.13. The highest BCUT2D eigenvalue weighted by molar-refractivity contribution is 5.92. The summed E-state index contributed by atoms with van der Waals surface area (Å²) in [6.45, 7) is 1.99. The normalized spacial score (nSPS) is 13.4. The van der Waals surface area contributed by atoms with Crippen molar-refractivity contribution in [1.29, 1.82) is 0 Å². The van der Waals surface area contributed by atoms with Crippen LogP contribution in [0, 0.1) is 0 Å². The number of carbonyl (C=O) groups is 1. The summed E-state index contributed by atoms with van der Waals surface area (Å²) < 4.78 is 0. The van der Waals surface area contributed by atoms with Gasteiger partial charge in [0.05, 0.1) is 0 Å². The van der Waals surface area contributed by atoms with Gasteiger partial charge in [-0.3, -0.25) is 4.79 Å². The van der Waals surface area contributed by atoms with E-state index in [-0.39, 0.29) is 11.9 Å². The van der Waals surface area contributed by atoms with Crippen LogP contribution in [-0.2, 0) is 11.2 Å². The average Bonchev–Trinajstić information content (AvgIpc) is 2.84. The van der Waals surface area contributed by atoms with Crippen molar-refractivity contribution >= 4 is 11.6 Å². The number of anilines is 1. The number of hydrogen-bond acceptors (Lipinski definition) is 2. The molecule has 0 heterocycles. The molecular weight excluding hydrogens is 260 g/mol. The third-order valence-corrected chi connectivity index (χ3v) is 4.05. The molecular formula is C18H20N2O. The summed E-state index contributed by atoms with van der Waals surface area (Å²) in [4.78, 5) is 11.9. The van der Waals surface area contributed by atoms with Crippen LogP contribution in [0.5, 0.6) is 0 Å². The molecule has 3 nitrogen and oxygen atoms in total. The van der Waals surface area contributed by atoms with E-state index in [2.05, 4.69) is 41.7 Å². The van der Waals surface area contributed by atoms with E-state index in [0.29, 0.717) is 6.42 Å². The maximum absolute atomic E-state index is 11.9. The Morgan fingerprint density at radius 1 is 1.19 bits per heavy atom. The first-order valence-corrected chi connectivity index (χ1v) is 7.44. The van der Waals surface area contributed by atoms with Crippen LogP contribution in [0.4, 0.5) is 5.69 Å². The van der Waals surface area contributed by atoms with Crippen molar-refractivity contribution in [3.05, 3.63) is 53.6 Å². The van der Waals surface area contributed by atoms with Gasteiger partial charge in [-0.2, -0.15) is 0 Å². The summed E-state index contributed by atoms with van der Waals surface area (Å²) in [5, 5.41) is 2.94. The minimum absolute atomic E-state index is 0.0141.